The van der Waals surface area contributed by atoms with Crippen molar-refractivity contribution in [1.29, 1.82) is 0 Å². The molecule has 2 aromatic carbocycles. The third kappa shape index (κ3) is 3.28. The fourth-order valence-electron chi connectivity index (χ4n) is 3.50. The number of carbonyl (C=O) groups excluding carboxylic acids is 1. The predicted octanol–water partition coefficient (Wildman–Crippen LogP) is 4.87. The summed E-state index contributed by atoms with van der Waals surface area (Å²) in [6, 6.07) is 16.3. The molecule has 0 unspecified atom stereocenters. The zero-order valence-electron chi connectivity index (χ0n) is 15.2. The van der Waals surface area contributed by atoms with Gasteiger partial charge in [0, 0.05) is 23.8 Å². The van der Waals surface area contributed by atoms with Crippen molar-refractivity contribution in [2.24, 2.45) is 5.10 Å². The van der Waals surface area contributed by atoms with E-state index in [1.54, 1.807) is 24.5 Å². The lowest BCUT2D eigenvalue weighted by molar-refractivity contribution is 0.0678. The fourth-order valence-corrected chi connectivity index (χ4v) is 3.69. The monoisotopic (exact) mass is 402 g/mol. The third-order valence-corrected chi connectivity index (χ3v) is 5.12. The van der Waals surface area contributed by atoms with Crippen molar-refractivity contribution in [3.8, 4) is 0 Å². The summed E-state index contributed by atoms with van der Waals surface area (Å²) in [5.41, 5.74) is 4.17. The van der Waals surface area contributed by atoms with Crippen molar-refractivity contribution >= 4 is 34.3 Å². The number of amides is 1. The lowest BCUT2D eigenvalue weighted by Crippen LogP contribution is -2.26. The molecule has 6 nitrogen and oxygen atoms in total. The van der Waals surface area contributed by atoms with E-state index < -0.39 is 0 Å². The highest BCUT2D eigenvalue weighted by Crippen LogP contribution is 2.35. The first-order chi connectivity index (χ1) is 14.2. The van der Waals surface area contributed by atoms with Gasteiger partial charge in [0.15, 0.2) is 5.76 Å². The van der Waals surface area contributed by atoms with Gasteiger partial charge in [-0.2, -0.15) is 5.10 Å². The molecule has 4 aromatic rings. The maximum Gasteiger partial charge on any atom is 0.310 e. The first-order valence-corrected chi connectivity index (χ1v) is 9.48. The molecule has 0 radical (unpaired) electrons. The summed E-state index contributed by atoms with van der Waals surface area (Å²) in [6.07, 6.45) is 5.34. The normalized spacial score (nSPS) is 16.2. The standard InChI is InChI=1S/C22H15ClN4O2/c23-16-4-1-3-14(11-16)18-13-20(27(26-18)22(28)21-5-2-10-29-21)15-6-7-17-19(12-15)25-9-8-24-17/h1-12,20H,13H2/t20-/m1/s1. The SMILES string of the molecule is O=C(c1ccco1)N1N=C(c2cccc(Cl)c2)C[C@@H]1c1ccc2nccnc2c1. The largest absolute Gasteiger partial charge is 0.459 e. The van der Waals surface area contributed by atoms with Crippen LogP contribution in [0.15, 0.2) is 82.8 Å². The molecule has 1 atom stereocenters. The van der Waals surface area contributed by atoms with E-state index in [4.69, 9.17) is 16.0 Å². The van der Waals surface area contributed by atoms with Gasteiger partial charge in [0.2, 0.25) is 0 Å². The van der Waals surface area contributed by atoms with Gasteiger partial charge in [0.25, 0.3) is 0 Å². The van der Waals surface area contributed by atoms with Crippen LogP contribution in [0.4, 0.5) is 0 Å². The molecule has 7 heteroatoms. The van der Waals surface area contributed by atoms with E-state index >= 15 is 0 Å². The number of carbonyl (C=O) groups is 1. The first-order valence-electron chi connectivity index (χ1n) is 9.10. The van der Waals surface area contributed by atoms with E-state index in [1.807, 2.05) is 42.5 Å². The van der Waals surface area contributed by atoms with Gasteiger partial charge in [-0.25, -0.2) is 5.01 Å². The molecule has 0 fully saturated rings. The van der Waals surface area contributed by atoms with Gasteiger partial charge in [-0.05, 0) is 47.5 Å². The summed E-state index contributed by atoms with van der Waals surface area (Å²) >= 11 is 6.16. The summed E-state index contributed by atoms with van der Waals surface area (Å²) in [4.78, 5) is 21.8. The minimum absolute atomic E-state index is 0.242. The third-order valence-electron chi connectivity index (χ3n) is 4.89. The van der Waals surface area contributed by atoms with Crippen LogP contribution in [0.3, 0.4) is 0 Å². The molecule has 0 spiro atoms. The van der Waals surface area contributed by atoms with Crippen LogP contribution in [0, 0.1) is 0 Å². The van der Waals surface area contributed by atoms with Crippen LogP contribution in [-0.4, -0.2) is 26.6 Å². The Hall–Kier alpha value is -3.51. The first kappa shape index (κ1) is 17.6. The van der Waals surface area contributed by atoms with Crippen LogP contribution < -0.4 is 0 Å². The molecular weight excluding hydrogens is 388 g/mol. The van der Waals surface area contributed by atoms with Crippen molar-refractivity contribution in [3.05, 3.63) is 95.2 Å². The lowest BCUT2D eigenvalue weighted by Gasteiger charge is -2.21. The molecule has 1 amide bonds. The Bertz CT molecular complexity index is 1240. The molecule has 0 bridgehead atoms. The molecular formula is C22H15ClN4O2. The average molecular weight is 403 g/mol. The number of rotatable bonds is 3. The zero-order valence-corrected chi connectivity index (χ0v) is 16.0. The second-order valence-electron chi connectivity index (χ2n) is 6.71. The van der Waals surface area contributed by atoms with Crippen LogP contribution in [0.2, 0.25) is 5.02 Å². The maximum atomic E-state index is 13.1. The average Bonchev–Trinajstić information content (AvgIpc) is 3.43. The van der Waals surface area contributed by atoms with Gasteiger partial charge < -0.3 is 4.42 Å². The van der Waals surface area contributed by atoms with Gasteiger partial charge >= 0.3 is 5.91 Å². The molecule has 29 heavy (non-hydrogen) atoms. The second kappa shape index (κ2) is 7.14. The van der Waals surface area contributed by atoms with E-state index in [0.717, 1.165) is 27.9 Å². The molecule has 1 aliphatic heterocycles. The Labute approximate surface area is 171 Å². The summed E-state index contributed by atoms with van der Waals surface area (Å²) in [5.74, 6) is -0.0528. The van der Waals surface area contributed by atoms with Gasteiger partial charge in [-0.15, -0.1) is 0 Å². The number of hydrogen-bond donors (Lipinski definition) is 0. The molecule has 0 saturated carbocycles. The molecule has 1 aliphatic rings. The van der Waals surface area contributed by atoms with Crippen molar-refractivity contribution in [3.63, 3.8) is 0 Å². The number of hydrogen-bond acceptors (Lipinski definition) is 5. The minimum Gasteiger partial charge on any atom is -0.459 e. The van der Waals surface area contributed by atoms with E-state index in [1.165, 1.54) is 11.3 Å². The van der Waals surface area contributed by atoms with Crippen LogP contribution in [-0.2, 0) is 0 Å². The van der Waals surface area contributed by atoms with Crippen LogP contribution >= 0.6 is 11.6 Å². The van der Waals surface area contributed by atoms with Gasteiger partial charge in [-0.3, -0.25) is 14.8 Å². The van der Waals surface area contributed by atoms with Crippen LogP contribution in [0.25, 0.3) is 11.0 Å². The topological polar surface area (TPSA) is 71.6 Å². The minimum atomic E-state index is -0.295. The molecule has 0 aliphatic carbocycles. The van der Waals surface area contributed by atoms with E-state index in [-0.39, 0.29) is 17.7 Å². The van der Waals surface area contributed by atoms with Crippen molar-refractivity contribution in [2.45, 2.75) is 12.5 Å². The maximum absolute atomic E-state index is 13.1. The Morgan fingerprint density at radius 2 is 1.90 bits per heavy atom. The van der Waals surface area contributed by atoms with Crippen molar-refractivity contribution in [1.82, 2.24) is 15.0 Å². The van der Waals surface area contributed by atoms with Gasteiger partial charge in [0.1, 0.15) is 0 Å². The summed E-state index contributed by atoms with van der Waals surface area (Å²) in [7, 11) is 0. The molecule has 0 N–H and O–H groups in total. The molecule has 142 valence electrons. The molecule has 5 rings (SSSR count). The van der Waals surface area contributed by atoms with E-state index in [2.05, 4.69) is 15.1 Å². The molecule has 3 heterocycles. The van der Waals surface area contributed by atoms with Crippen molar-refractivity contribution in [2.75, 3.05) is 0 Å². The Kier molecular flexibility index (Phi) is 4.33. The number of halogens is 1. The summed E-state index contributed by atoms with van der Waals surface area (Å²) in [5, 5.41) is 6.74. The number of aromatic nitrogens is 2. The summed E-state index contributed by atoms with van der Waals surface area (Å²) < 4.78 is 5.32. The number of hydrazone groups is 1. The number of benzene rings is 2. The van der Waals surface area contributed by atoms with E-state index in [9.17, 15) is 4.79 Å². The smallest absolute Gasteiger partial charge is 0.310 e. The highest BCUT2D eigenvalue weighted by molar-refractivity contribution is 6.31. The number of fused-ring (bicyclic) bond motifs is 1. The van der Waals surface area contributed by atoms with Crippen LogP contribution in [0.5, 0.6) is 0 Å². The second-order valence-corrected chi connectivity index (χ2v) is 7.14. The highest BCUT2D eigenvalue weighted by Gasteiger charge is 2.35. The summed E-state index contributed by atoms with van der Waals surface area (Å²) in [6.45, 7) is 0. The number of furan rings is 1. The predicted molar refractivity (Wildman–Crippen MR) is 110 cm³/mol. The van der Waals surface area contributed by atoms with Gasteiger partial charge in [0.05, 0.1) is 29.1 Å². The Morgan fingerprint density at radius 1 is 1.03 bits per heavy atom. The quantitative estimate of drug-likeness (QED) is 0.490. The fraction of sp³-hybridized carbons (Fsp3) is 0.0909. The van der Waals surface area contributed by atoms with E-state index in [0.29, 0.717) is 11.4 Å². The number of nitrogens with zero attached hydrogens (tertiary/aromatic N) is 4. The van der Waals surface area contributed by atoms with Crippen molar-refractivity contribution < 1.29 is 9.21 Å². The highest BCUT2D eigenvalue weighted by atomic mass is 35.5. The molecule has 0 saturated heterocycles. The van der Waals surface area contributed by atoms with Crippen LogP contribution in [0.1, 0.15) is 34.1 Å². The Morgan fingerprint density at radius 3 is 2.69 bits per heavy atom. The molecule has 2 aromatic heterocycles. The van der Waals surface area contributed by atoms with Gasteiger partial charge in [-0.1, -0.05) is 29.8 Å². The lowest BCUT2D eigenvalue weighted by atomic mass is 9.98. The zero-order chi connectivity index (χ0) is 19.8. The Balaban J connectivity index is 1.57.